The Labute approximate surface area is 246 Å². The molecular formula is C34H39N3O5. The van der Waals surface area contributed by atoms with Gasteiger partial charge in [-0.15, -0.1) is 5.10 Å². The molecule has 2 heterocycles. The lowest BCUT2D eigenvalue weighted by Crippen LogP contribution is -2.51. The van der Waals surface area contributed by atoms with E-state index < -0.39 is 5.63 Å². The Hall–Kier alpha value is -3.94. The van der Waals surface area contributed by atoms with Gasteiger partial charge in [0.15, 0.2) is 0 Å². The monoisotopic (exact) mass is 569 g/mol. The van der Waals surface area contributed by atoms with Crippen molar-refractivity contribution in [3.05, 3.63) is 87.5 Å². The molecule has 8 nitrogen and oxygen atoms in total. The number of hydrogen-bond donors (Lipinski definition) is 0. The number of carbonyl (C=O) groups is 1. The molecule has 8 heteroatoms. The zero-order valence-corrected chi connectivity index (χ0v) is 24.9. The van der Waals surface area contributed by atoms with Gasteiger partial charge in [0.05, 0.1) is 12.8 Å². The standard InChI is InChI=1S/C34H39N3O5/c1-22(2)24-7-11-28-25(16-24)8-12-30-33(3,14-5-15-34(28,30)4)21-41-32(39)19-37-18-26(35-36-37)20-40-27-10-6-23-9-13-31(38)42-29(23)17-27/h6-7,9-11,13,16-18,22,30H,5,8,12,14-15,19-21H2,1-4H3/t30-,33-,34+/m0/s1. The van der Waals surface area contributed by atoms with Crippen LogP contribution in [0.3, 0.4) is 0 Å². The van der Waals surface area contributed by atoms with Gasteiger partial charge in [-0.1, -0.05) is 57.5 Å². The van der Waals surface area contributed by atoms with E-state index in [1.807, 2.05) is 6.07 Å². The van der Waals surface area contributed by atoms with E-state index in [4.69, 9.17) is 13.9 Å². The smallest absolute Gasteiger partial charge is 0.336 e. The minimum absolute atomic E-state index is 0.00699. The van der Waals surface area contributed by atoms with Crippen LogP contribution >= 0.6 is 0 Å². The average Bonchev–Trinajstić information content (AvgIpc) is 3.41. The highest BCUT2D eigenvalue weighted by atomic mass is 16.5. The van der Waals surface area contributed by atoms with Crippen molar-refractivity contribution in [3.8, 4) is 5.75 Å². The molecule has 42 heavy (non-hydrogen) atoms. The first kappa shape index (κ1) is 28.2. The number of hydrogen-bond acceptors (Lipinski definition) is 7. The van der Waals surface area contributed by atoms with Crippen molar-refractivity contribution in [1.29, 1.82) is 0 Å². The number of rotatable bonds is 8. The highest BCUT2D eigenvalue weighted by Crippen LogP contribution is 2.57. The Morgan fingerprint density at radius 2 is 1.95 bits per heavy atom. The number of aromatic nitrogens is 3. The van der Waals surface area contributed by atoms with Crippen LogP contribution in [-0.4, -0.2) is 27.6 Å². The minimum atomic E-state index is -0.412. The maximum absolute atomic E-state index is 12.9. The number of benzene rings is 2. The number of esters is 1. The Morgan fingerprint density at radius 3 is 2.79 bits per heavy atom. The van der Waals surface area contributed by atoms with Crippen molar-refractivity contribution in [3.63, 3.8) is 0 Å². The van der Waals surface area contributed by atoms with Gasteiger partial charge in [0.25, 0.3) is 0 Å². The molecule has 2 aliphatic rings. The fourth-order valence-corrected chi connectivity index (χ4v) is 7.37. The number of aryl methyl sites for hydroxylation is 1. The van der Waals surface area contributed by atoms with E-state index in [1.54, 1.807) is 24.4 Å². The van der Waals surface area contributed by atoms with Crippen molar-refractivity contribution in [1.82, 2.24) is 15.0 Å². The fourth-order valence-electron chi connectivity index (χ4n) is 7.37. The van der Waals surface area contributed by atoms with Crippen molar-refractivity contribution in [2.45, 2.75) is 84.3 Å². The largest absolute Gasteiger partial charge is 0.487 e. The van der Waals surface area contributed by atoms with E-state index in [-0.39, 0.29) is 30.0 Å². The fraction of sp³-hybridized carbons (Fsp3) is 0.471. The Bertz CT molecular complexity index is 1670. The molecule has 0 radical (unpaired) electrons. The Kier molecular flexibility index (Phi) is 7.41. The molecule has 0 amide bonds. The molecule has 2 aliphatic carbocycles. The number of carbonyl (C=O) groups excluding carboxylic acids is 1. The van der Waals surface area contributed by atoms with Gasteiger partial charge in [0, 0.05) is 22.9 Å². The lowest BCUT2D eigenvalue weighted by atomic mass is 9.50. The molecule has 0 spiro atoms. The SMILES string of the molecule is CC(C)c1ccc2c(c1)CC[C@H]1[C@](C)(COC(=O)Cn3cc(COc4ccc5ccc(=O)oc5c4)nn3)CCC[C@]21C. The van der Waals surface area contributed by atoms with Crippen molar-refractivity contribution in [2.75, 3.05) is 6.61 Å². The van der Waals surface area contributed by atoms with Crippen LogP contribution in [0.25, 0.3) is 11.0 Å². The van der Waals surface area contributed by atoms with Crippen LogP contribution in [-0.2, 0) is 34.5 Å². The zero-order valence-electron chi connectivity index (χ0n) is 24.9. The van der Waals surface area contributed by atoms with Gasteiger partial charge in [0.2, 0.25) is 0 Å². The summed E-state index contributed by atoms with van der Waals surface area (Å²) in [6.07, 6.45) is 7.25. The average molecular weight is 570 g/mol. The molecule has 0 N–H and O–H groups in total. The predicted octanol–water partition coefficient (Wildman–Crippen LogP) is 6.34. The summed E-state index contributed by atoms with van der Waals surface area (Å²) in [5, 5.41) is 9.03. The zero-order chi connectivity index (χ0) is 29.5. The summed E-state index contributed by atoms with van der Waals surface area (Å²) < 4.78 is 18.4. The van der Waals surface area contributed by atoms with Crippen LogP contribution in [0.2, 0.25) is 0 Å². The molecule has 6 rings (SSSR count). The maximum Gasteiger partial charge on any atom is 0.336 e. The van der Waals surface area contributed by atoms with Gasteiger partial charge in [-0.25, -0.2) is 9.48 Å². The second-order valence-electron chi connectivity index (χ2n) is 12.9. The maximum atomic E-state index is 12.9. The van der Waals surface area contributed by atoms with Gasteiger partial charge in [-0.05, 0) is 77.8 Å². The number of nitrogens with zero attached hydrogens (tertiary/aromatic N) is 3. The number of ether oxygens (including phenoxy) is 2. The third kappa shape index (κ3) is 5.46. The summed E-state index contributed by atoms with van der Waals surface area (Å²) in [5.74, 6) is 1.22. The first-order valence-corrected chi connectivity index (χ1v) is 15.0. The van der Waals surface area contributed by atoms with Gasteiger partial charge < -0.3 is 13.9 Å². The molecule has 0 aliphatic heterocycles. The summed E-state index contributed by atoms with van der Waals surface area (Å²) in [6.45, 7) is 9.81. The van der Waals surface area contributed by atoms with Crippen molar-refractivity contribution < 1.29 is 18.7 Å². The molecule has 0 saturated heterocycles. The predicted molar refractivity (Wildman–Crippen MR) is 159 cm³/mol. The van der Waals surface area contributed by atoms with E-state index in [0.29, 0.717) is 35.5 Å². The Morgan fingerprint density at radius 1 is 1.12 bits per heavy atom. The van der Waals surface area contributed by atoms with Gasteiger partial charge >= 0.3 is 11.6 Å². The minimum Gasteiger partial charge on any atom is -0.487 e. The summed E-state index contributed by atoms with van der Waals surface area (Å²) in [5.41, 5.74) is 5.05. The van der Waals surface area contributed by atoms with Gasteiger partial charge in [0.1, 0.15) is 30.2 Å². The van der Waals surface area contributed by atoms with Crippen LogP contribution in [0, 0.1) is 11.3 Å². The second kappa shape index (κ2) is 11.0. The first-order chi connectivity index (χ1) is 20.1. The third-order valence-corrected chi connectivity index (χ3v) is 9.59. The van der Waals surface area contributed by atoms with Crippen LogP contribution in [0.5, 0.6) is 5.75 Å². The summed E-state index contributed by atoms with van der Waals surface area (Å²) in [7, 11) is 0. The highest BCUT2D eigenvalue weighted by molar-refractivity contribution is 5.77. The topological polar surface area (TPSA) is 96.5 Å². The van der Waals surface area contributed by atoms with Crippen LogP contribution in [0.1, 0.15) is 81.7 Å². The summed E-state index contributed by atoms with van der Waals surface area (Å²) >= 11 is 0. The first-order valence-electron chi connectivity index (χ1n) is 15.0. The molecule has 0 unspecified atom stereocenters. The van der Waals surface area contributed by atoms with Crippen LogP contribution < -0.4 is 10.4 Å². The van der Waals surface area contributed by atoms with Gasteiger partial charge in [-0.2, -0.15) is 0 Å². The molecule has 2 aromatic carbocycles. The molecule has 4 aromatic rings. The quantitative estimate of drug-likeness (QED) is 0.180. The second-order valence-corrected chi connectivity index (χ2v) is 12.9. The van der Waals surface area contributed by atoms with Crippen molar-refractivity contribution >= 4 is 16.9 Å². The molecule has 1 saturated carbocycles. The molecule has 2 aromatic heterocycles. The van der Waals surface area contributed by atoms with E-state index in [1.165, 1.54) is 33.9 Å². The Balaban J connectivity index is 1.06. The van der Waals surface area contributed by atoms with Crippen molar-refractivity contribution in [2.24, 2.45) is 11.3 Å². The summed E-state index contributed by atoms with van der Waals surface area (Å²) in [4.78, 5) is 24.4. The molecule has 1 fully saturated rings. The van der Waals surface area contributed by atoms with Crippen LogP contribution in [0.15, 0.2) is 63.9 Å². The highest BCUT2D eigenvalue weighted by Gasteiger charge is 2.52. The third-order valence-electron chi connectivity index (χ3n) is 9.59. The molecular weight excluding hydrogens is 530 g/mol. The summed E-state index contributed by atoms with van der Waals surface area (Å²) in [6, 6.07) is 15.5. The van der Waals surface area contributed by atoms with E-state index in [0.717, 1.165) is 31.1 Å². The lowest BCUT2D eigenvalue weighted by Gasteiger charge is -2.55. The molecule has 3 atom stereocenters. The van der Waals surface area contributed by atoms with E-state index in [2.05, 4.69) is 56.2 Å². The lowest BCUT2D eigenvalue weighted by molar-refractivity contribution is -0.152. The molecule has 0 bridgehead atoms. The van der Waals surface area contributed by atoms with E-state index in [9.17, 15) is 9.59 Å². The van der Waals surface area contributed by atoms with Gasteiger partial charge in [-0.3, -0.25) is 4.79 Å². The van der Waals surface area contributed by atoms with E-state index >= 15 is 0 Å². The molecule has 220 valence electrons. The normalized spacial score (nSPS) is 23.4. The van der Waals surface area contributed by atoms with Crippen LogP contribution in [0.4, 0.5) is 0 Å². The number of fused-ring (bicyclic) bond motifs is 4.